The van der Waals surface area contributed by atoms with Gasteiger partial charge in [0.25, 0.3) is 0 Å². The molecule has 0 atom stereocenters. The largest absolute Gasteiger partial charge is 0.340 e. The molecule has 0 aliphatic rings. The predicted molar refractivity (Wildman–Crippen MR) is 295 cm³/mol. The first kappa shape index (κ1) is 40.2. The second-order valence-electron chi connectivity index (χ2n) is 18.5. The van der Waals surface area contributed by atoms with Crippen molar-refractivity contribution in [1.82, 2.24) is 38.2 Å². The van der Waals surface area contributed by atoms with Crippen molar-refractivity contribution in [2.24, 2.45) is 0 Å². The van der Waals surface area contributed by atoms with Crippen molar-refractivity contribution in [2.75, 3.05) is 0 Å². The zero-order chi connectivity index (χ0) is 47.3. The zero-order valence-corrected chi connectivity index (χ0v) is 38.9. The van der Waals surface area contributed by atoms with E-state index in [9.17, 15) is 0 Å². The van der Waals surface area contributed by atoms with Gasteiger partial charge in [0, 0.05) is 85.5 Å². The highest BCUT2D eigenvalue weighted by atomic mass is 15.1. The molecule has 0 saturated heterocycles. The van der Waals surface area contributed by atoms with Gasteiger partial charge in [0.2, 0.25) is 0 Å². The number of aryl methyl sites for hydroxylation is 1. The smallest absolute Gasteiger partial charge is 0.163 e. The second-order valence-corrected chi connectivity index (χ2v) is 18.5. The quantitative estimate of drug-likeness (QED) is 0.152. The third kappa shape index (κ3) is 5.80. The molecule has 15 rings (SSSR count). The van der Waals surface area contributed by atoms with Crippen LogP contribution < -0.4 is 0 Å². The maximum absolute atomic E-state index is 5.31. The van der Waals surface area contributed by atoms with E-state index in [1.54, 1.807) is 0 Å². The Hall–Kier alpha value is -9.66. The van der Waals surface area contributed by atoms with E-state index in [-0.39, 0.29) is 0 Å². The van der Waals surface area contributed by atoms with Gasteiger partial charge in [0.1, 0.15) is 0 Å². The minimum Gasteiger partial charge on any atom is -0.340 e. The predicted octanol–water partition coefficient (Wildman–Crippen LogP) is 15.2. The van der Waals surface area contributed by atoms with Gasteiger partial charge >= 0.3 is 0 Å². The van der Waals surface area contributed by atoms with E-state index in [0.717, 1.165) is 99.2 Å². The van der Waals surface area contributed by atoms with Crippen LogP contribution in [0.4, 0.5) is 0 Å². The maximum Gasteiger partial charge on any atom is 0.163 e. The number of benzene rings is 9. The molecule has 0 aliphatic heterocycles. The molecular weight excluding hydrogens is 881 g/mol. The number of aromatic nitrogens is 8. The summed E-state index contributed by atoms with van der Waals surface area (Å²) >= 11 is 0. The fourth-order valence-electron chi connectivity index (χ4n) is 12.0. The van der Waals surface area contributed by atoms with E-state index >= 15 is 0 Å². The van der Waals surface area contributed by atoms with Crippen LogP contribution in [0.3, 0.4) is 0 Å². The van der Waals surface area contributed by atoms with Crippen molar-refractivity contribution >= 4 is 87.2 Å². The second kappa shape index (κ2) is 15.9. The van der Waals surface area contributed by atoms with Crippen molar-refractivity contribution in [3.63, 3.8) is 0 Å². The van der Waals surface area contributed by atoms with E-state index in [1.165, 1.54) is 21.8 Å². The summed E-state index contributed by atoms with van der Waals surface area (Å²) in [6, 6.07) is 74.0. The van der Waals surface area contributed by atoms with Gasteiger partial charge in [-0.3, -0.25) is 0 Å². The Balaban J connectivity index is 1.24. The lowest BCUT2D eigenvalue weighted by Crippen LogP contribution is -2.17. The van der Waals surface area contributed by atoms with Gasteiger partial charge in [-0.15, -0.1) is 0 Å². The highest BCUT2D eigenvalue weighted by molar-refractivity contribution is 6.16. The first-order chi connectivity index (χ1) is 35.8. The first-order valence-electron chi connectivity index (χ1n) is 24.5. The van der Waals surface area contributed by atoms with E-state index in [4.69, 9.17) is 19.9 Å². The minimum absolute atomic E-state index is 0.587. The van der Waals surface area contributed by atoms with Crippen LogP contribution in [0.1, 0.15) is 5.56 Å². The molecule has 0 amide bonds. The molecule has 9 aromatic carbocycles. The molecule has 6 heterocycles. The maximum atomic E-state index is 5.31. The lowest BCUT2D eigenvalue weighted by molar-refractivity contribution is 0.742. The molecule has 0 N–H and O–H groups in total. The Kier molecular flexibility index (Phi) is 8.91. The number of hydrogen-bond donors (Lipinski definition) is 0. The molecule has 338 valence electrons. The Morgan fingerprint density at radius 3 is 0.875 bits per heavy atom. The summed E-state index contributed by atoms with van der Waals surface area (Å²) in [5.41, 5.74) is 14.5. The molecule has 8 nitrogen and oxygen atoms in total. The molecule has 0 unspecified atom stereocenters. The van der Waals surface area contributed by atoms with Crippen LogP contribution in [0.5, 0.6) is 0 Å². The molecule has 0 bridgehead atoms. The highest BCUT2D eigenvalue weighted by Crippen LogP contribution is 2.51. The number of rotatable bonds is 8. The third-order valence-corrected chi connectivity index (χ3v) is 14.8. The average molecular weight is 923 g/mol. The normalized spacial score (nSPS) is 12.0. The molecule has 8 heteroatoms. The van der Waals surface area contributed by atoms with Crippen LogP contribution in [0.15, 0.2) is 231 Å². The number of para-hydroxylation sites is 8. The van der Waals surface area contributed by atoms with Gasteiger partial charge in [0.05, 0.1) is 61.3 Å². The fraction of sp³-hybridized carbons (Fsp3) is 0.0312. The summed E-state index contributed by atoms with van der Waals surface area (Å²) in [5, 5.41) is 9.36. The first-order valence-corrected chi connectivity index (χ1v) is 24.5. The van der Waals surface area contributed by atoms with Crippen molar-refractivity contribution in [3.8, 4) is 39.8 Å². The van der Waals surface area contributed by atoms with Gasteiger partial charge in [-0.2, -0.15) is 0 Å². The van der Waals surface area contributed by atoms with Crippen molar-refractivity contribution in [2.45, 2.75) is 13.0 Å². The summed E-state index contributed by atoms with van der Waals surface area (Å²) in [6.07, 6.45) is 8.09. The Morgan fingerprint density at radius 1 is 0.264 bits per heavy atom. The van der Waals surface area contributed by atoms with E-state index in [1.807, 2.05) is 36.9 Å². The highest BCUT2D eigenvalue weighted by Gasteiger charge is 2.35. The van der Waals surface area contributed by atoms with Crippen LogP contribution in [-0.4, -0.2) is 38.2 Å². The van der Waals surface area contributed by atoms with Crippen LogP contribution in [0, 0.1) is 0 Å². The van der Waals surface area contributed by atoms with Gasteiger partial charge in [-0.1, -0.05) is 146 Å². The molecule has 6 aromatic heterocycles. The SMILES string of the molecule is c1cnc(-c2c(CCn3c4ccccc4c4ccccc43)c(-n3c4ccccc4c4ccccc43)c(-c3ncccn3)c(-n3c4ccccc4c4ccccc43)c2-n2c3ccccc3c3ccccc32)nc1. The molecule has 15 aromatic rings. The summed E-state index contributed by atoms with van der Waals surface area (Å²) in [7, 11) is 0. The summed E-state index contributed by atoms with van der Waals surface area (Å²) in [4.78, 5) is 21.2. The lowest BCUT2D eigenvalue weighted by atomic mass is 9.91. The molecule has 0 fully saturated rings. The van der Waals surface area contributed by atoms with Crippen LogP contribution in [-0.2, 0) is 13.0 Å². The number of nitrogens with zero attached hydrogens (tertiary/aromatic N) is 8. The van der Waals surface area contributed by atoms with E-state index in [2.05, 4.69) is 212 Å². The van der Waals surface area contributed by atoms with E-state index < -0.39 is 0 Å². The fourth-order valence-corrected chi connectivity index (χ4v) is 12.0. The summed E-state index contributed by atoms with van der Waals surface area (Å²) < 4.78 is 9.92. The summed E-state index contributed by atoms with van der Waals surface area (Å²) in [6.45, 7) is 0.647. The topological polar surface area (TPSA) is 71.3 Å². The molecule has 0 saturated carbocycles. The molecule has 72 heavy (non-hydrogen) atoms. The van der Waals surface area contributed by atoms with Gasteiger partial charge in [-0.05, 0) is 72.6 Å². The van der Waals surface area contributed by atoms with Crippen LogP contribution in [0.2, 0.25) is 0 Å². The number of hydrogen-bond acceptors (Lipinski definition) is 4. The Morgan fingerprint density at radius 2 is 0.528 bits per heavy atom. The Labute approximate surface area is 413 Å². The van der Waals surface area contributed by atoms with Gasteiger partial charge in [0.15, 0.2) is 11.6 Å². The van der Waals surface area contributed by atoms with Crippen LogP contribution in [0.25, 0.3) is 127 Å². The van der Waals surface area contributed by atoms with Crippen molar-refractivity contribution in [3.05, 3.63) is 237 Å². The third-order valence-electron chi connectivity index (χ3n) is 14.8. The van der Waals surface area contributed by atoms with Crippen molar-refractivity contribution in [1.29, 1.82) is 0 Å². The van der Waals surface area contributed by atoms with Crippen molar-refractivity contribution < 1.29 is 0 Å². The van der Waals surface area contributed by atoms with Gasteiger partial charge < -0.3 is 18.3 Å². The zero-order valence-electron chi connectivity index (χ0n) is 38.9. The number of fused-ring (bicyclic) bond motifs is 12. The lowest BCUT2D eigenvalue weighted by Gasteiger charge is -2.29. The monoisotopic (exact) mass is 922 g/mol. The van der Waals surface area contributed by atoms with E-state index in [0.29, 0.717) is 24.6 Å². The average Bonchev–Trinajstić information content (AvgIpc) is 4.18. The Bertz CT molecular complexity index is 4420. The molecular formula is C64H42N8. The minimum atomic E-state index is 0.587. The summed E-state index contributed by atoms with van der Waals surface area (Å²) in [5.74, 6) is 1.23. The molecule has 0 radical (unpaired) electrons. The van der Waals surface area contributed by atoms with Crippen LogP contribution >= 0.6 is 0 Å². The molecule has 0 spiro atoms. The standard InChI is InChI=1S/C64H42N8/c1-9-27-50-41(19-1)42-20-2-10-28-51(42)69(50)40-35-49-58(63-65-36-17-37-66-63)61(71-54-31-13-5-23-45(54)46-24-6-14-32-55(46)71)62(72-56-33-15-7-25-47(56)48-26-8-16-34-57(48)72)59(64-67-38-18-39-68-64)60(49)70-52-29-11-3-21-43(52)44-22-4-12-30-53(44)70/h1-34,36-39H,35,40H2. The van der Waals surface area contributed by atoms with Gasteiger partial charge in [-0.25, -0.2) is 19.9 Å². The molecule has 0 aliphatic carbocycles.